The lowest BCUT2D eigenvalue weighted by Crippen LogP contribution is -2.39. The van der Waals surface area contributed by atoms with Gasteiger partial charge in [0.05, 0.1) is 25.4 Å². The molecule has 1 fully saturated rings. The van der Waals surface area contributed by atoms with Gasteiger partial charge in [-0.1, -0.05) is 13.8 Å². The fourth-order valence-corrected chi connectivity index (χ4v) is 2.16. The van der Waals surface area contributed by atoms with E-state index in [0.717, 1.165) is 26.0 Å². The Morgan fingerprint density at radius 2 is 2.00 bits per heavy atom. The third-order valence-corrected chi connectivity index (χ3v) is 3.31. The number of carbonyl (C=O) groups is 1. The van der Waals surface area contributed by atoms with Crippen molar-refractivity contribution in [2.75, 3.05) is 40.4 Å². The Morgan fingerprint density at radius 1 is 1.28 bits per heavy atom. The van der Waals surface area contributed by atoms with E-state index in [-0.39, 0.29) is 18.1 Å². The van der Waals surface area contributed by atoms with Gasteiger partial charge in [0.15, 0.2) is 0 Å². The number of amides is 1. The van der Waals surface area contributed by atoms with Crippen molar-refractivity contribution in [3.8, 4) is 0 Å². The van der Waals surface area contributed by atoms with Gasteiger partial charge in [-0.2, -0.15) is 0 Å². The van der Waals surface area contributed by atoms with Crippen LogP contribution in [0.25, 0.3) is 0 Å². The molecule has 0 radical (unpaired) electrons. The summed E-state index contributed by atoms with van der Waals surface area (Å²) in [4.78, 5) is 16.1. The Labute approximate surface area is 110 Å². The first kappa shape index (κ1) is 15.4. The fraction of sp³-hybridized carbons (Fsp3) is 0.923. The van der Waals surface area contributed by atoms with Gasteiger partial charge in [0, 0.05) is 13.1 Å². The summed E-state index contributed by atoms with van der Waals surface area (Å²) < 4.78 is 5.55. The molecule has 0 bridgehead atoms. The standard InChI is InChI=1S/C13H27N3O2/c1-5-11-13(17)16(12(6-2)14-11)8-10-18-9-7-15(3)4/h11-12,14H,5-10H2,1-4H3. The lowest BCUT2D eigenvalue weighted by atomic mass is 10.2. The lowest BCUT2D eigenvalue weighted by molar-refractivity contribution is -0.130. The maximum Gasteiger partial charge on any atom is 0.241 e. The van der Waals surface area contributed by atoms with Crippen LogP contribution in [-0.4, -0.2) is 68.3 Å². The summed E-state index contributed by atoms with van der Waals surface area (Å²) in [5.74, 6) is 0.223. The molecular formula is C13H27N3O2. The van der Waals surface area contributed by atoms with Gasteiger partial charge in [0.2, 0.25) is 5.91 Å². The minimum absolute atomic E-state index is 0.00303. The largest absolute Gasteiger partial charge is 0.378 e. The van der Waals surface area contributed by atoms with Crippen LogP contribution in [0.5, 0.6) is 0 Å². The Hall–Kier alpha value is -0.650. The monoisotopic (exact) mass is 257 g/mol. The third kappa shape index (κ3) is 4.23. The Balaban J connectivity index is 2.29. The van der Waals surface area contributed by atoms with E-state index in [4.69, 9.17) is 4.74 Å². The molecular weight excluding hydrogens is 230 g/mol. The number of rotatable bonds is 8. The summed E-state index contributed by atoms with van der Waals surface area (Å²) in [5.41, 5.74) is 0. The number of likely N-dealkylation sites (N-methyl/N-ethyl adjacent to an activating group) is 1. The molecule has 5 heteroatoms. The van der Waals surface area contributed by atoms with Crippen LogP contribution < -0.4 is 5.32 Å². The molecule has 1 aliphatic rings. The van der Waals surface area contributed by atoms with Crippen molar-refractivity contribution in [2.45, 2.75) is 38.9 Å². The van der Waals surface area contributed by atoms with Crippen LogP contribution >= 0.6 is 0 Å². The van der Waals surface area contributed by atoms with Crippen LogP contribution in [0.1, 0.15) is 26.7 Å². The van der Waals surface area contributed by atoms with Crippen molar-refractivity contribution >= 4 is 5.91 Å². The second kappa shape index (κ2) is 7.71. The molecule has 0 spiro atoms. The van der Waals surface area contributed by atoms with Crippen molar-refractivity contribution in [3.63, 3.8) is 0 Å². The predicted octanol–water partition coefficient (Wildman–Crippen LogP) is 0.511. The summed E-state index contributed by atoms with van der Waals surface area (Å²) in [6, 6.07) is -0.00303. The molecule has 2 atom stereocenters. The molecule has 2 unspecified atom stereocenters. The van der Waals surface area contributed by atoms with E-state index in [0.29, 0.717) is 13.2 Å². The first-order valence-corrected chi connectivity index (χ1v) is 6.89. The van der Waals surface area contributed by atoms with E-state index >= 15 is 0 Å². The minimum Gasteiger partial charge on any atom is -0.378 e. The molecule has 1 saturated heterocycles. The van der Waals surface area contributed by atoms with E-state index < -0.39 is 0 Å². The maximum atomic E-state index is 12.1. The van der Waals surface area contributed by atoms with E-state index in [2.05, 4.69) is 17.1 Å². The van der Waals surface area contributed by atoms with Crippen LogP contribution in [0.4, 0.5) is 0 Å². The first-order chi connectivity index (χ1) is 8.60. The molecule has 0 saturated carbocycles. The highest BCUT2D eigenvalue weighted by Gasteiger charge is 2.36. The van der Waals surface area contributed by atoms with E-state index in [1.807, 2.05) is 25.9 Å². The molecule has 0 aliphatic carbocycles. The van der Waals surface area contributed by atoms with Crippen molar-refractivity contribution < 1.29 is 9.53 Å². The quantitative estimate of drug-likeness (QED) is 0.644. The topological polar surface area (TPSA) is 44.8 Å². The molecule has 1 rings (SSSR count). The highest BCUT2D eigenvalue weighted by atomic mass is 16.5. The molecule has 106 valence electrons. The van der Waals surface area contributed by atoms with Crippen molar-refractivity contribution in [1.29, 1.82) is 0 Å². The third-order valence-electron chi connectivity index (χ3n) is 3.31. The first-order valence-electron chi connectivity index (χ1n) is 6.89. The summed E-state index contributed by atoms with van der Waals surface area (Å²) in [6.45, 7) is 7.09. The zero-order valence-corrected chi connectivity index (χ0v) is 12.1. The Kier molecular flexibility index (Phi) is 6.60. The SMILES string of the molecule is CCC1NC(CC)N(CCOCCN(C)C)C1=O. The molecule has 0 aromatic heterocycles. The molecule has 0 aromatic rings. The van der Waals surface area contributed by atoms with Crippen LogP contribution in [-0.2, 0) is 9.53 Å². The second-order valence-corrected chi connectivity index (χ2v) is 5.00. The predicted molar refractivity (Wildman–Crippen MR) is 72.4 cm³/mol. The Morgan fingerprint density at radius 3 is 2.56 bits per heavy atom. The molecule has 1 amide bonds. The van der Waals surface area contributed by atoms with Gasteiger partial charge < -0.3 is 14.5 Å². The summed E-state index contributed by atoms with van der Waals surface area (Å²) in [6.07, 6.45) is 1.98. The second-order valence-electron chi connectivity index (χ2n) is 5.00. The van der Waals surface area contributed by atoms with Crippen molar-refractivity contribution in [2.24, 2.45) is 0 Å². The van der Waals surface area contributed by atoms with E-state index in [9.17, 15) is 4.79 Å². The molecule has 18 heavy (non-hydrogen) atoms. The number of hydrogen-bond acceptors (Lipinski definition) is 4. The van der Waals surface area contributed by atoms with Gasteiger partial charge in [-0.05, 0) is 26.9 Å². The average molecular weight is 257 g/mol. The molecule has 1 N–H and O–H groups in total. The van der Waals surface area contributed by atoms with Gasteiger partial charge in [-0.25, -0.2) is 0 Å². The fourth-order valence-electron chi connectivity index (χ4n) is 2.16. The minimum atomic E-state index is -0.00303. The van der Waals surface area contributed by atoms with E-state index in [1.54, 1.807) is 0 Å². The number of nitrogens with one attached hydrogen (secondary N) is 1. The van der Waals surface area contributed by atoms with Gasteiger partial charge >= 0.3 is 0 Å². The van der Waals surface area contributed by atoms with Gasteiger partial charge in [-0.15, -0.1) is 0 Å². The van der Waals surface area contributed by atoms with Gasteiger partial charge in [-0.3, -0.25) is 10.1 Å². The van der Waals surface area contributed by atoms with Gasteiger partial charge in [0.1, 0.15) is 0 Å². The number of nitrogens with zero attached hydrogens (tertiary/aromatic N) is 2. The lowest BCUT2D eigenvalue weighted by Gasteiger charge is -2.23. The van der Waals surface area contributed by atoms with Gasteiger partial charge in [0.25, 0.3) is 0 Å². The van der Waals surface area contributed by atoms with Crippen molar-refractivity contribution in [1.82, 2.24) is 15.1 Å². The van der Waals surface area contributed by atoms with Crippen LogP contribution in [0.3, 0.4) is 0 Å². The zero-order valence-electron chi connectivity index (χ0n) is 12.1. The average Bonchev–Trinajstić information content (AvgIpc) is 2.65. The zero-order chi connectivity index (χ0) is 13.5. The number of carbonyl (C=O) groups excluding carboxylic acids is 1. The highest BCUT2D eigenvalue weighted by molar-refractivity contribution is 5.84. The van der Waals surface area contributed by atoms with Crippen molar-refractivity contribution in [3.05, 3.63) is 0 Å². The Bertz CT molecular complexity index is 259. The van der Waals surface area contributed by atoms with Crippen LogP contribution in [0, 0.1) is 0 Å². The molecule has 1 heterocycles. The molecule has 0 aromatic carbocycles. The number of ether oxygens (including phenoxy) is 1. The van der Waals surface area contributed by atoms with Crippen LogP contribution in [0.2, 0.25) is 0 Å². The maximum absolute atomic E-state index is 12.1. The highest BCUT2D eigenvalue weighted by Crippen LogP contribution is 2.14. The molecule has 1 aliphatic heterocycles. The number of hydrogen-bond donors (Lipinski definition) is 1. The smallest absolute Gasteiger partial charge is 0.241 e. The van der Waals surface area contributed by atoms with E-state index in [1.165, 1.54) is 0 Å². The van der Waals surface area contributed by atoms with Crippen LogP contribution in [0.15, 0.2) is 0 Å². The summed E-state index contributed by atoms with van der Waals surface area (Å²) >= 11 is 0. The normalized spacial score (nSPS) is 24.3. The summed E-state index contributed by atoms with van der Waals surface area (Å²) in [7, 11) is 4.05. The summed E-state index contributed by atoms with van der Waals surface area (Å²) in [5, 5.41) is 3.36. The molecule has 5 nitrogen and oxygen atoms in total.